The van der Waals surface area contributed by atoms with Crippen molar-refractivity contribution in [1.29, 1.82) is 0 Å². The van der Waals surface area contributed by atoms with Crippen molar-refractivity contribution in [3.05, 3.63) is 137 Å². The van der Waals surface area contributed by atoms with Gasteiger partial charge in [0.05, 0.1) is 17.0 Å². The van der Waals surface area contributed by atoms with Crippen molar-refractivity contribution in [2.75, 3.05) is 0 Å². The molecule has 0 heterocycles. The minimum Gasteiger partial charge on any atom is -0.304 e. The fourth-order valence-electron chi connectivity index (χ4n) is 3.75. The largest absolute Gasteiger partial charge is 0.304 e. The second-order valence-electron chi connectivity index (χ2n) is 7.72. The second kappa shape index (κ2) is 10.8. The van der Waals surface area contributed by atoms with Crippen LogP contribution in [-0.4, -0.2) is 8.42 Å². The molecule has 4 aromatic carbocycles. The summed E-state index contributed by atoms with van der Waals surface area (Å²) < 4.78 is 29.7. The number of rotatable bonds is 9. The third kappa shape index (κ3) is 6.09. The molecule has 0 saturated heterocycles. The van der Waals surface area contributed by atoms with Gasteiger partial charge in [0, 0.05) is 11.6 Å². The van der Waals surface area contributed by atoms with Crippen molar-refractivity contribution in [1.82, 2.24) is 10.0 Å². The lowest BCUT2D eigenvalue weighted by Gasteiger charge is -2.30. The molecule has 4 aromatic rings. The molecule has 0 saturated carbocycles. The predicted octanol–water partition coefficient (Wildman–Crippen LogP) is 5.89. The van der Waals surface area contributed by atoms with Crippen LogP contribution in [0.3, 0.4) is 0 Å². The lowest BCUT2D eigenvalue weighted by molar-refractivity contribution is 0.421. The maximum absolute atomic E-state index is 13.4. The van der Waals surface area contributed by atoms with Gasteiger partial charge in [0.2, 0.25) is 10.0 Å². The molecule has 6 heteroatoms. The first-order valence-electron chi connectivity index (χ1n) is 10.7. The Morgan fingerprint density at radius 2 is 1.12 bits per heavy atom. The molecule has 0 spiro atoms. The first-order valence-corrected chi connectivity index (χ1v) is 12.5. The number of nitrogens with one attached hydrogen (secondary N) is 2. The van der Waals surface area contributed by atoms with E-state index in [9.17, 15) is 8.42 Å². The molecule has 2 atom stereocenters. The lowest BCUT2D eigenvalue weighted by atomic mass is 9.94. The van der Waals surface area contributed by atoms with Crippen molar-refractivity contribution < 1.29 is 8.42 Å². The quantitative estimate of drug-likeness (QED) is 0.316. The van der Waals surface area contributed by atoms with Crippen molar-refractivity contribution in [2.45, 2.75) is 23.5 Å². The Morgan fingerprint density at radius 3 is 1.67 bits per heavy atom. The molecular formula is C27H25ClN2O2S. The normalized spacial score (nSPS) is 13.4. The number of benzene rings is 4. The minimum atomic E-state index is -3.81. The lowest BCUT2D eigenvalue weighted by Crippen LogP contribution is -2.38. The Morgan fingerprint density at radius 1 is 0.636 bits per heavy atom. The first kappa shape index (κ1) is 23.2. The first-order chi connectivity index (χ1) is 16.0. The fourth-order valence-corrected chi connectivity index (χ4v) is 5.11. The third-order valence-corrected chi connectivity index (χ3v) is 7.13. The summed E-state index contributed by atoms with van der Waals surface area (Å²) >= 11 is 5.97. The molecule has 0 radical (unpaired) electrons. The third-order valence-electron chi connectivity index (χ3n) is 5.43. The van der Waals surface area contributed by atoms with Crippen LogP contribution in [0.2, 0.25) is 5.02 Å². The van der Waals surface area contributed by atoms with Gasteiger partial charge in [-0.3, -0.25) is 0 Å². The summed E-state index contributed by atoms with van der Waals surface area (Å²) in [6, 6.07) is 34.9. The van der Waals surface area contributed by atoms with E-state index < -0.39 is 16.1 Å². The van der Waals surface area contributed by atoms with Crippen LogP contribution in [0, 0.1) is 0 Å². The summed E-state index contributed by atoms with van der Waals surface area (Å²) in [5, 5.41) is 4.07. The number of hydrogen-bond donors (Lipinski definition) is 2. The van der Waals surface area contributed by atoms with E-state index in [4.69, 9.17) is 11.6 Å². The van der Waals surface area contributed by atoms with Crippen molar-refractivity contribution in [3.63, 3.8) is 0 Å². The molecule has 0 unspecified atom stereocenters. The van der Waals surface area contributed by atoms with Crippen molar-refractivity contribution in [2.24, 2.45) is 0 Å². The van der Waals surface area contributed by atoms with Gasteiger partial charge >= 0.3 is 0 Å². The molecule has 2 N–H and O–H groups in total. The van der Waals surface area contributed by atoms with E-state index in [1.54, 1.807) is 12.1 Å². The van der Waals surface area contributed by atoms with Gasteiger partial charge in [0.1, 0.15) is 0 Å². The molecule has 4 nitrogen and oxygen atoms in total. The molecule has 0 fully saturated rings. The molecule has 33 heavy (non-hydrogen) atoms. The molecule has 4 rings (SSSR count). The second-order valence-corrected chi connectivity index (χ2v) is 9.87. The maximum Gasteiger partial charge on any atom is 0.241 e. The van der Waals surface area contributed by atoms with Gasteiger partial charge in [0.25, 0.3) is 0 Å². The fraction of sp³-hybridized carbons (Fsp3) is 0.111. The van der Waals surface area contributed by atoms with E-state index in [0.29, 0.717) is 11.6 Å². The van der Waals surface area contributed by atoms with Crippen molar-refractivity contribution in [3.8, 4) is 0 Å². The Hall–Kier alpha value is -2.96. The summed E-state index contributed by atoms with van der Waals surface area (Å²) in [6.07, 6.45) is 0. The maximum atomic E-state index is 13.4. The SMILES string of the molecule is O=S(=O)(N[C@@H](c1ccccc1)[C@H](NCc1ccccc1)c1ccccc1)c1ccc(Cl)cc1. The Bertz CT molecular complexity index is 1250. The van der Waals surface area contributed by atoms with Gasteiger partial charge < -0.3 is 5.32 Å². The van der Waals surface area contributed by atoms with E-state index in [1.807, 2.05) is 91.0 Å². The Balaban J connectivity index is 1.72. The number of hydrogen-bond acceptors (Lipinski definition) is 3. The standard InChI is InChI=1S/C27H25ClN2O2S/c28-24-16-18-25(19-17-24)33(31,32)30-27(23-14-8-3-9-15-23)26(22-12-6-2-7-13-22)29-20-21-10-4-1-5-11-21/h1-19,26-27,29-30H,20H2/t26-,27+/m1/s1. The van der Waals surface area contributed by atoms with E-state index in [1.165, 1.54) is 12.1 Å². The Labute approximate surface area is 200 Å². The topological polar surface area (TPSA) is 58.2 Å². The van der Waals surface area contributed by atoms with Gasteiger partial charge in [-0.15, -0.1) is 0 Å². The highest BCUT2D eigenvalue weighted by Gasteiger charge is 2.29. The van der Waals surface area contributed by atoms with Crippen LogP contribution in [0.25, 0.3) is 0 Å². The zero-order valence-electron chi connectivity index (χ0n) is 17.9. The molecule has 0 aliphatic carbocycles. The Kier molecular flexibility index (Phi) is 7.57. The van der Waals surface area contributed by atoms with E-state index in [0.717, 1.165) is 16.7 Å². The summed E-state index contributed by atoms with van der Waals surface area (Å²) in [6.45, 7) is 0.590. The highest BCUT2D eigenvalue weighted by molar-refractivity contribution is 7.89. The van der Waals surface area contributed by atoms with Gasteiger partial charge in [-0.1, -0.05) is 103 Å². The molecule has 168 valence electrons. The summed E-state index contributed by atoms with van der Waals surface area (Å²) in [5.74, 6) is 0. The van der Waals surface area contributed by atoms with E-state index >= 15 is 0 Å². The number of sulfonamides is 1. The average Bonchev–Trinajstić information content (AvgIpc) is 2.85. The molecule has 0 bridgehead atoms. The molecule has 0 amide bonds. The van der Waals surface area contributed by atoms with Crippen LogP contribution < -0.4 is 10.0 Å². The molecule has 0 aromatic heterocycles. The highest BCUT2D eigenvalue weighted by atomic mass is 35.5. The van der Waals surface area contributed by atoms with Gasteiger partial charge in [-0.05, 0) is 41.0 Å². The monoisotopic (exact) mass is 476 g/mol. The zero-order valence-corrected chi connectivity index (χ0v) is 19.5. The van der Waals surface area contributed by atoms with Gasteiger partial charge in [-0.25, -0.2) is 13.1 Å². The summed E-state index contributed by atoms with van der Waals surface area (Å²) in [4.78, 5) is 0.169. The van der Waals surface area contributed by atoms with Gasteiger partial charge in [0.15, 0.2) is 0 Å². The predicted molar refractivity (Wildman–Crippen MR) is 133 cm³/mol. The molecular weight excluding hydrogens is 452 g/mol. The summed E-state index contributed by atoms with van der Waals surface area (Å²) in [5.41, 5.74) is 2.97. The highest BCUT2D eigenvalue weighted by Crippen LogP contribution is 2.31. The van der Waals surface area contributed by atoms with Crippen LogP contribution in [0.5, 0.6) is 0 Å². The van der Waals surface area contributed by atoms with Crippen molar-refractivity contribution >= 4 is 21.6 Å². The van der Waals surface area contributed by atoms with Crippen LogP contribution in [0.1, 0.15) is 28.8 Å². The van der Waals surface area contributed by atoms with Crippen LogP contribution >= 0.6 is 11.6 Å². The molecule has 0 aliphatic heterocycles. The summed E-state index contributed by atoms with van der Waals surface area (Å²) in [7, 11) is -3.81. The van der Waals surface area contributed by atoms with Crippen LogP contribution in [0.15, 0.2) is 120 Å². The number of halogens is 1. The average molecular weight is 477 g/mol. The van der Waals surface area contributed by atoms with Crippen LogP contribution in [0.4, 0.5) is 0 Å². The van der Waals surface area contributed by atoms with E-state index in [2.05, 4.69) is 10.0 Å². The van der Waals surface area contributed by atoms with Crippen LogP contribution in [-0.2, 0) is 16.6 Å². The smallest absolute Gasteiger partial charge is 0.241 e. The molecule has 0 aliphatic rings. The zero-order chi connectivity index (χ0) is 23.1. The van der Waals surface area contributed by atoms with E-state index in [-0.39, 0.29) is 10.9 Å². The van der Waals surface area contributed by atoms with Gasteiger partial charge in [-0.2, -0.15) is 0 Å². The minimum absolute atomic E-state index is 0.169.